The lowest BCUT2D eigenvalue weighted by molar-refractivity contribution is 0.0606. The van der Waals surface area contributed by atoms with E-state index >= 15 is 0 Å². The van der Waals surface area contributed by atoms with E-state index < -0.39 is 10.0 Å². The molecule has 46 heavy (non-hydrogen) atoms. The number of amides is 1. The van der Waals surface area contributed by atoms with Gasteiger partial charge in [-0.1, -0.05) is 35.9 Å². The van der Waals surface area contributed by atoms with Gasteiger partial charge >= 0.3 is 0 Å². The van der Waals surface area contributed by atoms with Gasteiger partial charge in [-0.15, -0.1) is 0 Å². The summed E-state index contributed by atoms with van der Waals surface area (Å²) in [6.45, 7) is 3.93. The van der Waals surface area contributed by atoms with E-state index in [1.54, 1.807) is 17.0 Å². The third kappa shape index (κ3) is 5.74. The molecule has 2 unspecified atom stereocenters. The van der Waals surface area contributed by atoms with Gasteiger partial charge in [-0.05, 0) is 112 Å². The molecule has 3 saturated heterocycles. The highest BCUT2D eigenvalue weighted by atomic mass is 35.5. The largest absolute Gasteiger partial charge is 0.339 e. The number of aryl methyl sites for hydroxylation is 1. The maximum Gasteiger partial charge on any atom is 0.255 e. The number of sulfonamides is 1. The first-order chi connectivity index (χ1) is 22.0. The summed E-state index contributed by atoms with van der Waals surface area (Å²) in [6.07, 6.45) is 6.74. The number of carbonyl (C=O) groups is 1. The fourth-order valence-electron chi connectivity index (χ4n) is 8.45. The van der Waals surface area contributed by atoms with Gasteiger partial charge in [-0.2, -0.15) is 0 Å². The van der Waals surface area contributed by atoms with E-state index in [0.717, 1.165) is 42.7 Å². The number of benzene rings is 3. The second-order valence-electron chi connectivity index (χ2n) is 13.3. The number of piperidine rings is 2. The van der Waals surface area contributed by atoms with Gasteiger partial charge in [0.05, 0.1) is 26.5 Å². The number of hydrogen-bond acceptors (Lipinski definition) is 5. The number of aromatic nitrogens is 2. The van der Waals surface area contributed by atoms with Gasteiger partial charge in [0.1, 0.15) is 11.6 Å². The highest BCUT2D eigenvalue weighted by Crippen LogP contribution is 2.45. The summed E-state index contributed by atoms with van der Waals surface area (Å²) in [7, 11) is -3.99. The van der Waals surface area contributed by atoms with Crippen molar-refractivity contribution < 1.29 is 17.6 Å². The van der Waals surface area contributed by atoms with Crippen LogP contribution in [0.2, 0.25) is 5.02 Å². The normalized spacial score (nSPS) is 23.2. The number of hydrogen-bond donors (Lipinski definition) is 1. The minimum absolute atomic E-state index is 0.117. The average Bonchev–Trinajstić information content (AvgIpc) is 3.49. The summed E-state index contributed by atoms with van der Waals surface area (Å²) in [5, 5.41) is 5.49. The molecule has 8 nitrogen and oxygen atoms in total. The minimum Gasteiger partial charge on any atom is -0.339 e. The summed E-state index contributed by atoms with van der Waals surface area (Å²) < 4.78 is 40.9. The van der Waals surface area contributed by atoms with E-state index in [0.29, 0.717) is 44.1 Å². The van der Waals surface area contributed by atoms with Crippen molar-refractivity contribution in [2.24, 2.45) is 5.14 Å². The van der Waals surface area contributed by atoms with Crippen LogP contribution in [0.15, 0.2) is 71.6 Å². The first kappa shape index (κ1) is 31.3. The van der Waals surface area contributed by atoms with Crippen molar-refractivity contribution in [1.29, 1.82) is 0 Å². The van der Waals surface area contributed by atoms with Gasteiger partial charge in [-0.3, -0.25) is 9.69 Å². The lowest BCUT2D eigenvalue weighted by Gasteiger charge is -2.45. The van der Waals surface area contributed by atoms with E-state index in [4.69, 9.17) is 21.7 Å². The molecule has 4 heterocycles. The molecule has 0 saturated carbocycles. The molecular weight excluding hydrogens is 625 g/mol. The van der Waals surface area contributed by atoms with Gasteiger partial charge in [0.15, 0.2) is 0 Å². The van der Waals surface area contributed by atoms with Gasteiger partial charge in [0.2, 0.25) is 10.0 Å². The molecule has 1 amide bonds. The van der Waals surface area contributed by atoms with Crippen molar-refractivity contribution >= 4 is 38.6 Å². The zero-order chi connectivity index (χ0) is 32.2. The Balaban J connectivity index is 1.08. The van der Waals surface area contributed by atoms with E-state index in [1.807, 2.05) is 12.1 Å². The summed E-state index contributed by atoms with van der Waals surface area (Å²) in [6, 6.07) is 20.7. The standard InChI is InChI=1S/C35H39ClFN5O3S/c1-23-39-32-7-2-3-8-33(32)42(23)28-20-26-9-10-27(21-28)41(26)18-15-35(24-5-4-6-25(37)19-24)13-16-40(17-14-35)34(43)30-22-29(46(38,44)45)11-12-31(30)36/h2-8,11-12,19,22,26-28H,9-10,13-18,20-21H2,1H3,(H2,38,44,45). The Kier molecular flexibility index (Phi) is 8.20. The van der Waals surface area contributed by atoms with E-state index in [2.05, 4.69) is 34.6 Å². The molecule has 4 aromatic rings. The molecule has 1 aromatic heterocycles. The summed E-state index contributed by atoms with van der Waals surface area (Å²) in [5.74, 6) is 0.486. The topological polar surface area (TPSA) is 102 Å². The third-order valence-corrected chi connectivity index (χ3v) is 12.0. The zero-order valence-electron chi connectivity index (χ0n) is 25.9. The van der Waals surface area contributed by atoms with Crippen LogP contribution in [0.25, 0.3) is 11.0 Å². The Labute approximate surface area is 274 Å². The van der Waals surface area contributed by atoms with Crippen LogP contribution >= 0.6 is 11.6 Å². The van der Waals surface area contributed by atoms with Crippen LogP contribution in [-0.2, 0) is 15.4 Å². The van der Waals surface area contributed by atoms with Crippen molar-refractivity contribution in [3.05, 3.63) is 94.5 Å². The lowest BCUT2D eigenvalue weighted by atomic mass is 9.70. The molecule has 2 atom stereocenters. The zero-order valence-corrected chi connectivity index (χ0v) is 27.5. The quantitative estimate of drug-likeness (QED) is 0.253. The number of carbonyl (C=O) groups excluding carboxylic acids is 1. The number of likely N-dealkylation sites (tertiary alicyclic amines) is 1. The number of halogens is 2. The smallest absolute Gasteiger partial charge is 0.255 e. The van der Waals surface area contributed by atoms with Crippen LogP contribution in [0.5, 0.6) is 0 Å². The van der Waals surface area contributed by atoms with E-state index in [9.17, 15) is 17.6 Å². The predicted molar refractivity (Wildman–Crippen MR) is 177 cm³/mol. The Morgan fingerprint density at radius 3 is 2.41 bits per heavy atom. The van der Waals surface area contributed by atoms with Crippen molar-refractivity contribution in [3.63, 3.8) is 0 Å². The molecule has 7 rings (SSSR count). The van der Waals surface area contributed by atoms with E-state index in [1.165, 1.54) is 42.6 Å². The van der Waals surface area contributed by atoms with Crippen molar-refractivity contribution in [3.8, 4) is 0 Å². The maximum atomic E-state index is 14.6. The molecule has 0 aliphatic carbocycles. The molecule has 3 fully saturated rings. The first-order valence-electron chi connectivity index (χ1n) is 16.1. The fourth-order valence-corrected chi connectivity index (χ4v) is 9.18. The number of imidazole rings is 1. The number of fused-ring (bicyclic) bond motifs is 3. The molecule has 3 aliphatic rings. The molecule has 0 spiro atoms. The third-order valence-electron chi connectivity index (χ3n) is 10.8. The van der Waals surface area contributed by atoms with Crippen LogP contribution in [0.1, 0.15) is 72.7 Å². The van der Waals surface area contributed by atoms with Crippen LogP contribution in [-0.4, -0.2) is 65.4 Å². The van der Waals surface area contributed by atoms with Crippen LogP contribution in [0.3, 0.4) is 0 Å². The number of rotatable bonds is 7. The SMILES string of the molecule is Cc1nc2ccccc2n1C1CC2CCC(C1)N2CCC1(c2cccc(F)c2)CCN(C(=O)c2cc(S(N)(=O)=O)ccc2Cl)CC1. The van der Waals surface area contributed by atoms with Gasteiger partial charge < -0.3 is 9.47 Å². The number of para-hydroxylation sites is 2. The monoisotopic (exact) mass is 663 g/mol. The minimum atomic E-state index is -3.99. The molecule has 242 valence electrons. The number of nitrogens with two attached hydrogens (primary N) is 1. The maximum absolute atomic E-state index is 14.6. The predicted octanol–water partition coefficient (Wildman–Crippen LogP) is 6.22. The molecule has 3 aliphatic heterocycles. The molecular formula is C35H39ClFN5O3S. The Hall–Kier alpha value is -3.31. The summed E-state index contributed by atoms with van der Waals surface area (Å²) in [4.78, 5) is 22.7. The van der Waals surface area contributed by atoms with Crippen LogP contribution in [0, 0.1) is 12.7 Å². The van der Waals surface area contributed by atoms with Crippen molar-refractivity contribution in [1.82, 2.24) is 19.4 Å². The Morgan fingerprint density at radius 1 is 1.00 bits per heavy atom. The van der Waals surface area contributed by atoms with Crippen molar-refractivity contribution in [2.45, 2.75) is 80.3 Å². The highest BCUT2D eigenvalue weighted by molar-refractivity contribution is 7.89. The molecule has 3 aromatic carbocycles. The van der Waals surface area contributed by atoms with Crippen LogP contribution in [0.4, 0.5) is 4.39 Å². The van der Waals surface area contributed by atoms with Crippen LogP contribution < -0.4 is 5.14 Å². The molecule has 2 bridgehead atoms. The molecule has 0 radical (unpaired) electrons. The summed E-state index contributed by atoms with van der Waals surface area (Å²) in [5.41, 5.74) is 3.06. The fraction of sp³-hybridized carbons (Fsp3) is 0.429. The average molecular weight is 664 g/mol. The van der Waals surface area contributed by atoms with Gasteiger partial charge in [0.25, 0.3) is 5.91 Å². The van der Waals surface area contributed by atoms with Crippen molar-refractivity contribution in [2.75, 3.05) is 19.6 Å². The number of nitrogens with zero attached hydrogens (tertiary/aromatic N) is 4. The Morgan fingerprint density at radius 2 is 1.72 bits per heavy atom. The second kappa shape index (κ2) is 12.0. The highest BCUT2D eigenvalue weighted by Gasteiger charge is 2.44. The second-order valence-corrected chi connectivity index (χ2v) is 15.3. The molecule has 2 N–H and O–H groups in total. The first-order valence-corrected chi connectivity index (χ1v) is 18.0. The summed E-state index contributed by atoms with van der Waals surface area (Å²) >= 11 is 6.34. The van der Waals surface area contributed by atoms with Gasteiger partial charge in [-0.25, -0.2) is 22.9 Å². The van der Waals surface area contributed by atoms with E-state index in [-0.39, 0.29) is 32.6 Å². The lowest BCUT2D eigenvalue weighted by Crippen LogP contribution is -2.49. The molecule has 11 heteroatoms. The Bertz CT molecular complexity index is 1890. The van der Waals surface area contributed by atoms with Gasteiger partial charge in [0, 0.05) is 31.2 Å². The number of primary sulfonamides is 1.